The molecule has 0 aromatic heterocycles. The van der Waals surface area contributed by atoms with Crippen molar-refractivity contribution in [3.05, 3.63) is 53.1 Å². The number of hydrogen-bond donors (Lipinski definition) is 1. The average molecular weight is 441 g/mol. The molecule has 8 nitrogen and oxygen atoms in total. The molecule has 0 bridgehead atoms. The number of aliphatic hydroxyl groups is 1. The zero-order chi connectivity index (χ0) is 23.4. The highest BCUT2D eigenvalue weighted by Crippen LogP contribution is 2.44. The van der Waals surface area contributed by atoms with Gasteiger partial charge in [-0.1, -0.05) is 19.1 Å². The number of methoxy groups -OCH3 is 4. The van der Waals surface area contributed by atoms with Crippen molar-refractivity contribution in [3.63, 3.8) is 0 Å². The maximum atomic E-state index is 13.1. The van der Waals surface area contributed by atoms with Gasteiger partial charge in [-0.15, -0.1) is 0 Å². The van der Waals surface area contributed by atoms with Crippen molar-refractivity contribution in [3.8, 4) is 23.0 Å². The molecular formula is C24H27NO7. The lowest BCUT2D eigenvalue weighted by atomic mass is 9.94. The van der Waals surface area contributed by atoms with Crippen LogP contribution in [0.3, 0.4) is 0 Å². The molecule has 0 radical (unpaired) electrons. The van der Waals surface area contributed by atoms with E-state index in [1.165, 1.54) is 33.3 Å². The molecule has 8 heteroatoms. The van der Waals surface area contributed by atoms with Crippen LogP contribution in [0, 0.1) is 0 Å². The van der Waals surface area contributed by atoms with E-state index in [0.29, 0.717) is 41.5 Å². The quantitative estimate of drug-likeness (QED) is 0.380. The average Bonchev–Trinajstić information content (AvgIpc) is 3.07. The molecule has 2 aromatic rings. The monoisotopic (exact) mass is 441 g/mol. The maximum Gasteiger partial charge on any atom is 0.295 e. The summed E-state index contributed by atoms with van der Waals surface area (Å²) in [6.07, 6.45) is 0.634. The third-order valence-corrected chi connectivity index (χ3v) is 5.39. The van der Waals surface area contributed by atoms with Crippen LogP contribution < -0.4 is 18.9 Å². The summed E-state index contributed by atoms with van der Waals surface area (Å²) >= 11 is 0. The van der Waals surface area contributed by atoms with Gasteiger partial charge in [-0.2, -0.15) is 0 Å². The molecule has 1 unspecified atom stereocenters. The van der Waals surface area contributed by atoms with E-state index in [9.17, 15) is 14.7 Å². The summed E-state index contributed by atoms with van der Waals surface area (Å²) in [4.78, 5) is 27.5. The van der Waals surface area contributed by atoms with E-state index >= 15 is 0 Å². The molecule has 0 spiro atoms. The number of amides is 1. The fraction of sp³-hybridized carbons (Fsp3) is 0.333. The van der Waals surface area contributed by atoms with Crippen LogP contribution in [0.5, 0.6) is 23.0 Å². The fourth-order valence-corrected chi connectivity index (χ4v) is 3.94. The zero-order valence-corrected chi connectivity index (χ0v) is 18.8. The van der Waals surface area contributed by atoms with Gasteiger partial charge in [-0.3, -0.25) is 9.59 Å². The second-order valence-electron chi connectivity index (χ2n) is 7.14. The number of nitrogens with zero attached hydrogens (tertiary/aromatic N) is 1. The first-order chi connectivity index (χ1) is 15.4. The Morgan fingerprint density at radius 2 is 1.50 bits per heavy atom. The van der Waals surface area contributed by atoms with E-state index in [1.807, 2.05) is 6.92 Å². The SMILES string of the molecule is CCCN1C(=O)C(=O)/C(=C(/O)c2c(OC)cccc2OC)C1c1ccc(OC)c(OC)c1. The molecule has 1 N–H and O–H groups in total. The van der Waals surface area contributed by atoms with E-state index in [-0.39, 0.29) is 16.9 Å². The van der Waals surface area contributed by atoms with Crippen LogP contribution in [0.2, 0.25) is 0 Å². The minimum absolute atomic E-state index is 0.0431. The highest BCUT2D eigenvalue weighted by molar-refractivity contribution is 6.46. The normalized spacial score (nSPS) is 17.4. The van der Waals surface area contributed by atoms with Crippen LogP contribution in [-0.2, 0) is 9.59 Å². The Bertz CT molecular complexity index is 1040. The largest absolute Gasteiger partial charge is 0.506 e. The van der Waals surface area contributed by atoms with E-state index in [2.05, 4.69) is 0 Å². The Labute approximate surface area is 187 Å². The van der Waals surface area contributed by atoms with Crippen LogP contribution in [-0.4, -0.2) is 56.7 Å². The molecule has 1 saturated heterocycles. The molecule has 0 aliphatic carbocycles. The highest BCUT2D eigenvalue weighted by Gasteiger charge is 2.46. The van der Waals surface area contributed by atoms with Crippen LogP contribution in [0.1, 0.15) is 30.5 Å². The highest BCUT2D eigenvalue weighted by atomic mass is 16.5. The molecule has 2 aromatic carbocycles. The number of aliphatic hydroxyl groups excluding tert-OH is 1. The molecule has 32 heavy (non-hydrogen) atoms. The number of benzene rings is 2. The Morgan fingerprint density at radius 3 is 2.03 bits per heavy atom. The molecular weight excluding hydrogens is 414 g/mol. The van der Waals surface area contributed by atoms with Crippen LogP contribution in [0.15, 0.2) is 42.0 Å². The van der Waals surface area contributed by atoms with Gasteiger partial charge in [0, 0.05) is 6.54 Å². The number of hydrogen-bond acceptors (Lipinski definition) is 7. The molecule has 1 amide bonds. The van der Waals surface area contributed by atoms with Gasteiger partial charge in [0.05, 0.1) is 40.1 Å². The predicted molar refractivity (Wildman–Crippen MR) is 118 cm³/mol. The first kappa shape index (κ1) is 23.0. The number of ether oxygens (including phenoxy) is 4. The van der Waals surface area contributed by atoms with Crippen molar-refractivity contribution in [1.82, 2.24) is 4.90 Å². The van der Waals surface area contributed by atoms with Crippen molar-refractivity contribution in [2.45, 2.75) is 19.4 Å². The number of carbonyl (C=O) groups is 2. The number of ketones is 1. The molecule has 1 atom stereocenters. The number of rotatable bonds is 8. The van der Waals surface area contributed by atoms with Crippen molar-refractivity contribution in [2.75, 3.05) is 35.0 Å². The molecule has 170 valence electrons. The van der Waals surface area contributed by atoms with Crippen LogP contribution >= 0.6 is 0 Å². The van der Waals surface area contributed by atoms with E-state index in [1.54, 1.807) is 36.4 Å². The summed E-state index contributed by atoms with van der Waals surface area (Å²) in [6, 6.07) is 9.32. The second-order valence-corrected chi connectivity index (χ2v) is 7.14. The number of likely N-dealkylation sites (tertiary alicyclic amines) is 1. The molecule has 3 rings (SSSR count). The summed E-state index contributed by atoms with van der Waals surface area (Å²) in [5, 5.41) is 11.3. The lowest BCUT2D eigenvalue weighted by molar-refractivity contribution is -0.139. The van der Waals surface area contributed by atoms with Crippen molar-refractivity contribution in [1.29, 1.82) is 0 Å². The van der Waals surface area contributed by atoms with Crippen LogP contribution in [0.25, 0.3) is 5.76 Å². The summed E-state index contributed by atoms with van der Waals surface area (Å²) in [7, 11) is 5.93. The Kier molecular flexibility index (Phi) is 6.92. The Hall–Kier alpha value is -3.68. The second kappa shape index (κ2) is 9.64. The molecule has 1 aliphatic rings. The minimum atomic E-state index is -0.815. The third-order valence-electron chi connectivity index (χ3n) is 5.39. The van der Waals surface area contributed by atoms with E-state index in [4.69, 9.17) is 18.9 Å². The van der Waals surface area contributed by atoms with Gasteiger partial charge in [0.1, 0.15) is 22.8 Å². The lowest BCUT2D eigenvalue weighted by Crippen LogP contribution is -2.30. The number of Topliss-reactive ketones (excluding diaryl/α,β-unsaturated/α-hetero) is 1. The van der Waals surface area contributed by atoms with E-state index < -0.39 is 17.7 Å². The summed E-state index contributed by atoms with van der Waals surface area (Å²) in [5.74, 6) is -0.233. The van der Waals surface area contributed by atoms with Gasteiger partial charge < -0.3 is 29.0 Å². The Morgan fingerprint density at radius 1 is 0.906 bits per heavy atom. The zero-order valence-electron chi connectivity index (χ0n) is 18.8. The first-order valence-electron chi connectivity index (χ1n) is 10.1. The standard InChI is InChI=1S/C24H27NO7/c1-6-12-25-21(14-10-11-15(29-2)18(13-14)32-5)20(23(27)24(25)28)22(26)19-16(30-3)8-7-9-17(19)31-4/h7-11,13,21,26H,6,12H2,1-5H3/b22-20+. The first-order valence-corrected chi connectivity index (χ1v) is 10.1. The minimum Gasteiger partial charge on any atom is -0.506 e. The van der Waals surface area contributed by atoms with Gasteiger partial charge in [0.2, 0.25) is 0 Å². The summed E-state index contributed by atoms with van der Waals surface area (Å²) in [5.41, 5.74) is 0.765. The van der Waals surface area contributed by atoms with Crippen LogP contribution in [0.4, 0.5) is 0 Å². The smallest absolute Gasteiger partial charge is 0.295 e. The summed E-state index contributed by atoms with van der Waals surface area (Å²) < 4.78 is 21.5. The maximum absolute atomic E-state index is 13.1. The molecule has 1 aliphatic heterocycles. The van der Waals surface area contributed by atoms with Gasteiger partial charge in [-0.25, -0.2) is 0 Å². The van der Waals surface area contributed by atoms with Crippen molar-refractivity contribution in [2.24, 2.45) is 0 Å². The van der Waals surface area contributed by atoms with E-state index in [0.717, 1.165) is 0 Å². The molecule has 1 heterocycles. The lowest BCUT2D eigenvalue weighted by Gasteiger charge is -2.25. The van der Waals surface area contributed by atoms with Crippen molar-refractivity contribution >= 4 is 17.4 Å². The fourth-order valence-electron chi connectivity index (χ4n) is 3.94. The summed E-state index contributed by atoms with van der Waals surface area (Å²) in [6.45, 7) is 2.25. The van der Waals surface area contributed by atoms with Crippen molar-refractivity contribution < 1.29 is 33.6 Å². The molecule has 0 saturated carbocycles. The predicted octanol–water partition coefficient (Wildman–Crippen LogP) is 3.55. The van der Waals surface area contributed by atoms with Gasteiger partial charge in [-0.05, 0) is 36.2 Å². The van der Waals surface area contributed by atoms with Gasteiger partial charge in [0.15, 0.2) is 11.5 Å². The molecule has 1 fully saturated rings. The topological polar surface area (TPSA) is 94.5 Å². The number of carbonyl (C=O) groups excluding carboxylic acids is 2. The van der Waals surface area contributed by atoms with Gasteiger partial charge >= 0.3 is 0 Å². The Balaban J connectivity index is 2.30. The van der Waals surface area contributed by atoms with Gasteiger partial charge in [0.25, 0.3) is 11.7 Å². The third kappa shape index (κ3) is 3.84.